The first-order chi connectivity index (χ1) is 16.5. The summed E-state index contributed by atoms with van der Waals surface area (Å²) in [6.45, 7) is 6.09. The number of nitrogens with zero attached hydrogens (tertiary/aromatic N) is 5. The van der Waals surface area contributed by atoms with Crippen LogP contribution in [0, 0.1) is 18.0 Å². The Balaban J connectivity index is 1.44. The summed E-state index contributed by atoms with van der Waals surface area (Å²) < 4.78 is 0.844. The van der Waals surface area contributed by atoms with E-state index in [1.165, 1.54) is 34.6 Å². The number of piperidine rings is 1. The van der Waals surface area contributed by atoms with E-state index < -0.39 is 0 Å². The van der Waals surface area contributed by atoms with Crippen molar-refractivity contribution in [2.45, 2.75) is 42.8 Å². The van der Waals surface area contributed by atoms with Crippen molar-refractivity contribution in [3.8, 4) is 11.1 Å². The van der Waals surface area contributed by atoms with Crippen molar-refractivity contribution >= 4 is 28.6 Å². The van der Waals surface area contributed by atoms with Crippen LogP contribution in [0.1, 0.15) is 30.2 Å². The second kappa shape index (κ2) is 8.21. The van der Waals surface area contributed by atoms with Crippen molar-refractivity contribution in [2.24, 2.45) is 11.7 Å². The zero-order valence-corrected chi connectivity index (χ0v) is 20.0. The van der Waals surface area contributed by atoms with Crippen molar-refractivity contribution in [1.82, 2.24) is 15.0 Å². The number of aromatic nitrogens is 4. The second-order valence-corrected chi connectivity index (χ2v) is 10.4. The summed E-state index contributed by atoms with van der Waals surface area (Å²) in [4.78, 5) is 17.7. The molecule has 4 aromatic rings. The van der Waals surface area contributed by atoms with Gasteiger partial charge in [0, 0.05) is 54.3 Å². The molecule has 8 heteroatoms. The Hall–Kier alpha value is -3.23. The lowest BCUT2D eigenvalue weighted by Crippen LogP contribution is -2.48. The Morgan fingerprint density at radius 3 is 2.94 bits per heavy atom. The van der Waals surface area contributed by atoms with E-state index in [4.69, 9.17) is 15.7 Å². The highest BCUT2D eigenvalue weighted by molar-refractivity contribution is 7.99. The van der Waals surface area contributed by atoms with Gasteiger partial charge in [-0.1, -0.05) is 25.1 Å². The molecule has 1 aliphatic heterocycles. The van der Waals surface area contributed by atoms with Crippen LogP contribution < -0.4 is 15.4 Å². The summed E-state index contributed by atoms with van der Waals surface area (Å²) >= 11 is 1.44. The van der Waals surface area contributed by atoms with Crippen LogP contribution in [-0.4, -0.2) is 34.1 Å². The molecule has 1 fully saturated rings. The number of pyridine rings is 2. The third-order valence-electron chi connectivity index (χ3n) is 7.08. The summed E-state index contributed by atoms with van der Waals surface area (Å²) in [6.07, 6.45) is 5.11. The van der Waals surface area contributed by atoms with Crippen molar-refractivity contribution < 1.29 is 4.73 Å². The molecule has 3 aromatic heterocycles. The number of rotatable bonds is 3. The van der Waals surface area contributed by atoms with E-state index in [2.05, 4.69) is 41.9 Å². The molecule has 1 aromatic carbocycles. The number of benzene rings is 1. The summed E-state index contributed by atoms with van der Waals surface area (Å²) in [7, 11) is 0. The quantitative estimate of drug-likeness (QED) is 0.243. The van der Waals surface area contributed by atoms with Crippen LogP contribution in [0.4, 0.5) is 5.82 Å². The summed E-state index contributed by atoms with van der Waals surface area (Å²) in [6, 6.07) is 12.0. The maximum Gasteiger partial charge on any atom is 0.243 e. The molecule has 2 aliphatic rings. The first kappa shape index (κ1) is 21.3. The number of hydrogen-bond acceptors (Lipinski definition) is 7. The monoisotopic (exact) mass is 470 g/mol. The summed E-state index contributed by atoms with van der Waals surface area (Å²) in [5.74, 6) is 1.46. The number of hydrogen-bond donors (Lipinski definition) is 1. The molecule has 172 valence electrons. The number of fused-ring (bicyclic) bond motifs is 4. The van der Waals surface area contributed by atoms with E-state index in [1.54, 1.807) is 12.3 Å². The van der Waals surface area contributed by atoms with Crippen LogP contribution in [0.5, 0.6) is 0 Å². The average Bonchev–Trinajstić information content (AvgIpc) is 3.21. The van der Waals surface area contributed by atoms with Crippen molar-refractivity contribution in [1.29, 1.82) is 0 Å². The van der Waals surface area contributed by atoms with E-state index in [9.17, 15) is 5.21 Å². The Morgan fingerprint density at radius 2 is 2.09 bits per heavy atom. The van der Waals surface area contributed by atoms with Crippen LogP contribution in [0.15, 0.2) is 58.8 Å². The molecular weight excluding hydrogens is 444 g/mol. The SMILES string of the molecule is Cc1cccc2c1Cc1nc(Sc3cnc4ccc[n+]([O-])c4c3)nc(N3CC[C@H](C)[C@H](N)C3)c1-2. The lowest BCUT2D eigenvalue weighted by molar-refractivity contribution is -0.577. The first-order valence-electron chi connectivity index (χ1n) is 11.6. The van der Waals surface area contributed by atoms with Gasteiger partial charge < -0.3 is 15.8 Å². The lowest BCUT2D eigenvalue weighted by atomic mass is 9.94. The largest absolute Gasteiger partial charge is 0.618 e. The zero-order valence-electron chi connectivity index (χ0n) is 19.2. The maximum absolute atomic E-state index is 12.2. The highest BCUT2D eigenvalue weighted by Crippen LogP contribution is 2.44. The van der Waals surface area contributed by atoms with Gasteiger partial charge >= 0.3 is 0 Å². The fourth-order valence-electron chi connectivity index (χ4n) is 4.98. The Bertz CT molecular complexity index is 1420. The molecule has 7 nitrogen and oxygen atoms in total. The molecule has 0 spiro atoms. The lowest BCUT2D eigenvalue weighted by Gasteiger charge is -2.36. The highest BCUT2D eigenvalue weighted by Gasteiger charge is 2.32. The van der Waals surface area contributed by atoms with Gasteiger partial charge in [-0.3, -0.25) is 0 Å². The zero-order chi connectivity index (χ0) is 23.4. The van der Waals surface area contributed by atoms with Crippen LogP contribution in [0.3, 0.4) is 0 Å². The van der Waals surface area contributed by atoms with Crippen LogP contribution in [0.2, 0.25) is 0 Å². The van der Waals surface area contributed by atoms with Gasteiger partial charge in [0.15, 0.2) is 11.4 Å². The third-order valence-corrected chi connectivity index (χ3v) is 7.90. The molecule has 0 unspecified atom stereocenters. The fourth-order valence-corrected chi connectivity index (χ4v) is 5.76. The molecule has 2 atom stereocenters. The Morgan fingerprint density at radius 1 is 1.21 bits per heavy atom. The minimum absolute atomic E-state index is 0.117. The van der Waals surface area contributed by atoms with Gasteiger partial charge in [-0.25, -0.2) is 15.0 Å². The van der Waals surface area contributed by atoms with Crippen molar-refractivity contribution in [3.63, 3.8) is 0 Å². The van der Waals surface area contributed by atoms with E-state index in [-0.39, 0.29) is 6.04 Å². The molecule has 1 aliphatic carbocycles. The topological polar surface area (TPSA) is 94.9 Å². The van der Waals surface area contributed by atoms with E-state index in [0.717, 1.165) is 52.6 Å². The second-order valence-electron chi connectivity index (χ2n) is 9.32. The van der Waals surface area contributed by atoms with Crippen LogP contribution in [0.25, 0.3) is 22.2 Å². The van der Waals surface area contributed by atoms with E-state index in [0.29, 0.717) is 22.1 Å². The van der Waals surface area contributed by atoms with Gasteiger partial charge in [-0.2, -0.15) is 4.73 Å². The summed E-state index contributed by atoms with van der Waals surface area (Å²) in [5, 5.41) is 12.9. The maximum atomic E-state index is 12.2. The molecule has 6 rings (SSSR count). The van der Waals surface area contributed by atoms with Crippen LogP contribution >= 0.6 is 11.8 Å². The minimum Gasteiger partial charge on any atom is -0.618 e. The van der Waals surface area contributed by atoms with Gasteiger partial charge in [0.25, 0.3) is 0 Å². The predicted molar refractivity (Wildman–Crippen MR) is 134 cm³/mol. The molecule has 0 bridgehead atoms. The standard InChI is InChI=1S/C26H26N6OS/c1-15-5-3-6-18-19(15)12-22-24(18)25(31-10-8-16(2)20(27)14-31)30-26(29-22)34-17-11-23-21(28-13-17)7-4-9-32(23)33/h3-7,9,11,13,16,20H,8,10,12,14,27H2,1-2H3/t16-,20+/m0/s1. The predicted octanol–water partition coefficient (Wildman–Crippen LogP) is 3.86. The Labute approximate surface area is 202 Å². The van der Waals surface area contributed by atoms with E-state index in [1.807, 2.05) is 12.1 Å². The molecule has 0 saturated carbocycles. The van der Waals surface area contributed by atoms with E-state index >= 15 is 0 Å². The molecule has 1 saturated heterocycles. The molecule has 34 heavy (non-hydrogen) atoms. The number of aryl methyl sites for hydroxylation is 1. The number of nitrogens with two attached hydrogens (primary N) is 1. The average molecular weight is 471 g/mol. The molecule has 4 heterocycles. The van der Waals surface area contributed by atoms with Crippen molar-refractivity contribution in [2.75, 3.05) is 18.0 Å². The van der Waals surface area contributed by atoms with Crippen molar-refractivity contribution in [3.05, 3.63) is 70.8 Å². The van der Waals surface area contributed by atoms with Gasteiger partial charge in [0.1, 0.15) is 11.3 Å². The van der Waals surface area contributed by atoms with Gasteiger partial charge in [0.2, 0.25) is 5.52 Å². The van der Waals surface area contributed by atoms with Gasteiger partial charge in [0.05, 0.1) is 5.69 Å². The first-order valence-corrected chi connectivity index (χ1v) is 12.5. The fraction of sp³-hybridized carbons (Fsp3) is 0.308. The minimum atomic E-state index is 0.117. The smallest absolute Gasteiger partial charge is 0.243 e. The third kappa shape index (κ3) is 3.58. The molecule has 0 radical (unpaired) electrons. The Kier molecular flexibility index (Phi) is 5.15. The van der Waals surface area contributed by atoms with Gasteiger partial charge in [-0.05, 0) is 53.8 Å². The summed E-state index contributed by atoms with van der Waals surface area (Å²) in [5.41, 5.74) is 13.7. The van der Waals surface area contributed by atoms with Gasteiger partial charge in [-0.15, -0.1) is 0 Å². The number of anilines is 1. The molecule has 2 N–H and O–H groups in total. The van der Waals surface area contributed by atoms with Crippen LogP contribution in [-0.2, 0) is 6.42 Å². The molecule has 0 amide bonds. The molecular formula is C26H26N6OS. The normalized spacial score (nSPS) is 19.3. The highest BCUT2D eigenvalue weighted by atomic mass is 32.2.